The fourth-order valence-corrected chi connectivity index (χ4v) is 1.14. The molecule has 0 fully saturated rings. The van der Waals surface area contributed by atoms with E-state index in [1.165, 1.54) is 0 Å². The van der Waals surface area contributed by atoms with Crippen molar-refractivity contribution in [3.63, 3.8) is 0 Å². The minimum absolute atomic E-state index is 0.128. The molecule has 0 rings (SSSR count). The second-order valence-electron chi connectivity index (χ2n) is 3.83. The summed E-state index contributed by atoms with van der Waals surface area (Å²) in [5.74, 6) is 0.0104. The Labute approximate surface area is 86.8 Å². The zero-order valence-electron chi connectivity index (χ0n) is 9.71. The maximum absolute atomic E-state index is 11.5. The fourth-order valence-electron chi connectivity index (χ4n) is 1.14. The molecular weight excluding hydrogens is 180 g/mol. The van der Waals surface area contributed by atoms with Crippen LogP contribution in [-0.4, -0.2) is 26.3 Å². The topological polar surface area (TPSA) is 35.5 Å². The molecule has 0 bridgehead atoms. The number of methoxy groups -OCH3 is 1. The Balaban J connectivity index is 3.89. The van der Waals surface area contributed by atoms with Crippen molar-refractivity contribution in [1.29, 1.82) is 0 Å². The first-order chi connectivity index (χ1) is 6.63. The Morgan fingerprint density at radius 2 is 2.00 bits per heavy atom. The van der Waals surface area contributed by atoms with Gasteiger partial charge in [-0.1, -0.05) is 27.2 Å². The number of ether oxygens (including phenoxy) is 2. The molecule has 0 aromatic carbocycles. The molecule has 0 aliphatic rings. The van der Waals surface area contributed by atoms with E-state index < -0.39 is 0 Å². The molecule has 0 aliphatic heterocycles. The molecule has 14 heavy (non-hydrogen) atoms. The number of carbonyl (C=O) groups excluding carboxylic acids is 1. The minimum Gasteiger partial charge on any atom is -0.465 e. The highest BCUT2D eigenvalue weighted by atomic mass is 16.5. The van der Waals surface area contributed by atoms with Gasteiger partial charge in [-0.3, -0.25) is 4.79 Å². The monoisotopic (exact) mass is 202 g/mol. The summed E-state index contributed by atoms with van der Waals surface area (Å²) in [6, 6.07) is 0. The van der Waals surface area contributed by atoms with Crippen molar-refractivity contribution in [3.8, 4) is 0 Å². The maximum atomic E-state index is 11.5. The molecule has 0 N–H and O–H groups in total. The van der Waals surface area contributed by atoms with E-state index in [1.54, 1.807) is 7.11 Å². The quantitative estimate of drug-likeness (QED) is 0.469. The second kappa shape index (κ2) is 7.80. The Bertz CT molecular complexity index is 155. The molecule has 0 aromatic heterocycles. The van der Waals surface area contributed by atoms with Crippen LogP contribution in [0.5, 0.6) is 0 Å². The van der Waals surface area contributed by atoms with E-state index in [4.69, 9.17) is 9.47 Å². The standard InChI is InChI=1S/C11H22O3/c1-5-6-7-14-11(12)10(8-13-4)9(2)3/h9-10H,5-8H2,1-4H3. The van der Waals surface area contributed by atoms with Gasteiger partial charge in [0.25, 0.3) is 0 Å². The van der Waals surface area contributed by atoms with E-state index >= 15 is 0 Å². The van der Waals surface area contributed by atoms with Crippen molar-refractivity contribution in [3.05, 3.63) is 0 Å². The summed E-state index contributed by atoms with van der Waals surface area (Å²) in [5, 5.41) is 0. The van der Waals surface area contributed by atoms with Crippen molar-refractivity contribution in [2.24, 2.45) is 11.8 Å². The first kappa shape index (κ1) is 13.4. The van der Waals surface area contributed by atoms with Gasteiger partial charge < -0.3 is 9.47 Å². The van der Waals surface area contributed by atoms with Gasteiger partial charge in [0.15, 0.2) is 0 Å². The van der Waals surface area contributed by atoms with Crippen molar-refractivity contribution in [1.82, 2.24) is 0 Å². The molecule has 0 spiro atoms. The van der Waals surface area contributed by atoms with Gasteiger partial charge in [0, 0.05) is 7.11 Å². The largest absolute Gasteiger partial charge is 0.465 e. The third kappa shape index (κ3) is 5.22. The van der Waals surface area contributed by atoms with Gasteiger partial charge in [-0.25, -0.2) is 0 Å². The summed E-state index contributed by atoms with van der Waals surface area (Å²) in [6.45, 7) is 7.06. The first-order valence-electron chi connectivity index (χ1n) is 5.29. The lowest BCUT2D eigenvalue weighted by molar-refractivity contribution is -0.152. The molecule has 84 valence electrons. The Hall–Kier alpha value is -0.570. The van der Waals surface area contributed by atoms with E-state index in [0.29, 0.717) is 13.2 Å². The van der Waals surface area contributed by atoms with Crippen LogP contribution in [0.2, 0.25) is 0 Å². The summed E-state index contributed by atoms with van der Waals surface area (Å²) in [7, 11) is 1.61. The average molecular weight is 202 g/mol. The molecule has 0 saturated carbocycles. The summed E-state index contributed by atoms with van der Waals surface area (Å²) < 4.78 is 10.1. The SMILES string of the molecule is CCCCOC(=O)C(COC)C(C)C. The van der Waals surface area contributed by atoms with Gasteiger partial charge in [-0.05, 0) is 12.3 Å². The lowest BCUT2D eigenvalue weighted by atomic mass is 9.97. The van der Waals surface area contributed by atoms with Crippen molar-refractivity contribution in [2.45, 2.75) is 33.6 Å². The van der Waals surface area contributed by atoms with Gasteiger partial charge >= 0.3 is 5.97 Å². The Morgan fingerprint density at radius 1 is 1.36 bits per heavy atom. The molecule has 0 amide bonds. The fraction of sp³-hybridized carbons (Fsp3) is 0.909. The van der Waals surface area contributed by atoms with Crippen LogP contribution < -0.4 is 0 Å². The van der Waals surface area contributed by atoms with Crippen LogP contribution in [0.15, 0.2) is 0 Å². The maximum Gasteiger partial charge on any atom is 0.311 e. The molecular formula is C11H22O3. The zero-order chi connectivity index (χ0) is 11.0. The molecule has 3 heteroatoms. The number of hydrogen-bond donors (Lipinski definition) is 0. The molecule has 0 saturated heterocycles. The summed E-state index contributed by atoms with van der Waals surface area (Å²) in [5.41, 5.74) is 0. The van der Waals surface area contributed by atoms with E-state index in [0.717, 1.165) is 12.8 Å². The van der Waals surface area contributed by atoms with Crippen LogP contribution in [0.3, 0.4) is 0 Å². The Morgan fingerprint density at radius 3 is 2.43 bits per heavy atom. The average Bonchev–Trinajstić information content (AvgIpc) is 2.13. The molecule has 3 nitrogen and oxygen atoms in total. The number of rotatable bonds is 7. The van der Waals surface area contributed by atoms with E-state index in [1.807, 2.05) is 13.8 Å². The van der Waals surface area contributed by atoms with Crippen LogP contribution in [0, 0.1) is 11.8 Å². The lowest BCUT2D eigenvalue weighted by Gasteiger charge is -2.18. The molecule has 0 aromatic rings. The van der Waals surface area contributed by atoms with Crippen LogP contribution in [-0.2, 0) is 14.3 Å². The lowest BCUT2D eigenvalue weighted by Crippen LogP contribution is -2.27. The first-order valence-corrected chi connectivity index (χ1v) is 5.29. The highest BCUT2D eigenvalue weighted by Crippen LogP contribution is 2.13. The van der Waals surface area contributed by atoms with Crippen LogP contribution in [0.25, 0.3) is 0 Å². The van der Waals surface area contributed by atoms with Crippen molar-refractivity contribution < 1.29 is 14.3 Å². The highest BCUT2D eigenvalue weighted by molar-refractivity contribution is 5.72. The number of esters is 1. The predicted octanol–water partition coefficient (Wildman–Crippen LogP) is 2.25. The van der Waals surface area contributed by atoms with Crippen LogP contribution in [0.1, 0.15) is 33.6 Å². The molecule has 1 atom stereocenters. The van der Waals surface area contributed by atoms with E-state index in [-0.39, 0.29) is 17.8 Å². The Kier molecular flexibility index (Phi) is 7.48. The normalized spacial score (nSPS) is 12.9. The van der Waals surface area contributed by atoms with Gasteiger partial charge in [0.1, 0.15) is 0 Å². The second-order valence-corrected chi connectivity index (χ2v) is 3.83. The van der Waals surface area contributed by atoms with E-state index in [9.17, 15) is 4.79 Å². The zero-order valence-corrected chi connectivity index (χ0v) is 9.71. The van der Waals surface area contributed by atoms with Crippen molar-refractivity contribution in [2.75, 3.05) is 20.3 Å². The van der Waals surface area contributed by atoms with Gasteiger partial charge in [0.2, 0.25) is 0 Å². The summed E-state index contributed by atoms with van der Waals surface area (Å²) in [4.78, 5) is 11.5. The number of hydrogen-bond acceptors (Lipinski definition) is 3. The number of unbranched alkanes of at least 4 members (excludes halogenated alkanes) is 1. The van der Waals surface area contributed by atoms with Gasteiger partial charge in [-0.15, -0.1) is 0 Å². The molecule has 0 aliphatic carbocycles. The molecule has 0 heterocycles. The summed E-state index contributed by atoms with van der Waals surface area (Å²) >= 11 is 0. The van der Waals surface area contributed by atoms with Crippen molar-refractivity contribution >= 4 is 5.97 Å². The van der Waals surface area contributed by atoms with E-state index in [2.05, 4.69) is 6.92 Å². The van der Waals surface area contributed by atoms with Gasteiger partial charge in [0.05, 0.1) is 19.1 Å². The molecule has 0 radical (unpaired) electrons. The minimum atomic E-state index is -0.129. The molecule has 1 unspecified atom stereocenters. The smallest absolute Gasteiger partial charge is 0.311 e. The predicted molar refractivity (Wildman–Crippen MR) is 56.1 cm³/mol. The van der Waals surface area contributed by atoms with Crippen LogP contribution >= 0.6 is 0 Å². The summed E-state index contributed by atoms with van der Waals surface area (Å²) in [6.07, 6.45) is 1.98. The number of carbonyl (C=O) groups is 1. The van der Waals surface area contributed by atoms with Crippen LogP contribution in [0.4, 0.5) is 0 Å². The third-order valence-corrected chi connectivity index (χ3v) is 2.20. The highest BCUT2D eigenvalue weighted by Gasteiger charge is 2.23. The van der Waals surface area contributed by atoms with Gasteiger partial charge in [-0.2, -0.15) is 0 Å². The third-order valence-electron chi connectivity index (χ3n) is 2.20.